The predicted molar refractivity (Wildman–Crippen MR) is 138 cm³/mol. The standard InChI is InChI=1S/C25H34ClN5S/c1-18-15-22(31-14-7-4-9-19(31)2)29-23(28-18)30-24(32)27-17-25(12-5-3-6-13-25)20-10-8-11-21(26)16-20/h8,10-11,15-16,19H,3-7,9,12-14,17H2,1-2H3,(H2,27,28,29,30,32)/t19-/m1/s1. The molecule has 1 atom stereocenters. The SMILES string of the molecule is Cc1cc(N2CCCC[C@H]2C)nc(NC(=S)NCC2(c3cccc(Cl)c3)CCCCC2)n1. The Bertz CT molecular complexity index is 944. The van der Waals surface area contributed by atoms with Crippen LogP contribution < -0.4 is 15.5 Å². The van der Waals surface area contributed by atoms with Gasteiger partial charge in [-0.25, -0.2) is 4.98 Å². The van der Waals surface area contributed by atoms with Gasteiger partial charge in [-0.15, -0.1) is 0 Å². The molecule has 2 heterocycles. The van der Waals surface area contributed by atoms with Crippen molar-refractivity contribution in [1.29, 1.82) is 0 Å². The zero-order valence-electron chi connectivity index (χ0n) is 19.2. The number of anilines is 2. The molecular weight excluding hydrogens is 438 g/mol. The maximum absolute atomic E-state index is 6.32. The second kappa shape index (κ2) is 10.3. The van der Waals surface area contributed by atoms with Gasteiger partial charge in [0.2, 0.25) is 5.95 Å². The van der Waals surface area contributed by atoms with Gasteiger partial charge in [-0.2, -0.15) is 4.98 Å². The smallest absolute Gasteiger partial charge is 0.231 e. The number of nitrogens with zero attached hydrogens (tertiary/aromatic N) is 3. The predicted octanol–water partition coefficient (Wildman–Crippen LogP) is 6.01. The lowest BCUT2D eigenvalue weighted by molar-refractivity contribution is 0.292. The van der Waals surface area contributed by atoms with Gasteiger partial charge in [-0.05, 0) is 75.9 Å². The van der Waals surface area contributed by atoms with Gasteiger partial charge in [0.05, 0.1) is 0 Å². The number of rotatable bonds is 5. The number of aryl methyl sites for hydroxylation is 1. The molecule has 172 valence electrons. The second-order valence-corrected chi connectivity index (χ2v) is 10.2. The van der Waals surface area contributed by atoms with Gasteiger partial charge in [-0.1, -0.05) is 43.0 Å². The first-order valence-corrected chi connectivity index (χ1v) is 12.7. The minimum Gasteiger partial charge on any atom is -0.361 e. The summed E-state index contributed by atoms with van der Waals surface area (Å²) in [5, 5.41) is 8.07. The first-order valence-electron chi connectivity index (χ1n) is 11.9. The molecule has 32 heavy (non-hydrogen) atoms. The summed E-state index contributed by atoms with van der Waals surface area (Å²) in [6.45, 7) is 6.11. The van der Waals surface area contributed by atoms with E-state index in [-0.39, 0.29) is 5.41 Å². The van der Waals surface area contributed by atoms with Crippen molar-refractivity contribution in [2.45, 2.75) is 76.7 Å². The van der Waals surface area contributed by atoms with E-state index in [0.29, 0.717) is 17.1 Å². The van der Waals surface area contributed by atoms with Crippen LogP contribution in [0.25, 0.3) is 0 Å². The van der Waals surface area contributed by atoms with E-state index in [1.54, 1.807) is 0 Å². The topological polar surface area (TPSA) is 53.1 Å². The third-order valence-electron chi connectivity index (χ3n) is 7.00. The largest absolute Gasteiger partial charge is 0.361 e. The van der Waals surface area contributed by atoms with Crippen LogP contribution in [0, 0.1) is 6.92 Å². The molecule has 1 aromatic heterocycles. The summed E-state index contributed by atoms with van der Waals surface area (Å²) in [7, 11) is 0. The number of thiocarbonyl (C=S) groups is 1. The average molecular weight is 472 g/mol. The summed E-state index contributed by atoms with van der Waals surface area (Å²) < 4.78 is 0. The first-order chi connectivity index (χ1) is 15.4. The Morgan fingerprint density at radius 1 is 1.16 bits per heavy atom. The van der Waals surface area contributed by atoms with Crippen molar-refractivity contribution in [3.8, 4) is 0 Å². The second-order valence-electron chi connectivity index (χ2n) is 9.39. The maximum Gasteiger partial charge on any atom is 0.231 e. The highest BCUT2D eigenvalue weighted by molar-refractivity contribution is 7.80. The summed E-state index contributed by atoms with van der Waals surface area (Å²) in [6.07, 6.45) is 9.73. The van der Waals surface area contributed by atoms with Crippen LogP contribution in [0.4, 0.5) is 11.8 Å². The summed E-state index contributed by atoms with van der Waals surface area (Å²) >= 11 is 12.0. The average Bonchev–Trinajstić information content (AvgIpc) is 2.78. The van der Waals surface area contributed by atoms with Gasteiger partial charge in [0.1, 0.15) is 5.82 Å². The summed E-state index contributed by atoms with van der Waals surface area (Å²) in [4.78, 5) is 11.8. The van der Waals surface area contributed by atoms with Crippen molar-refractivity contribution in [3.05, 3.63) is 46.6 Å². The third kappa shape index (κ3) is 5.52. The third-order valence-corrected chi connectivity index (χ3v) is 7.48. The normalized spacial score (nSPS) is 20.6. The van der Waals surface area contributed by atoms with Gasteiger partial charge in [0.15, 0.2) is 5.11 Å². The molecule has 2 aliphatic rings. The highest BCUT2D eigenvalue weighted by Gasteiger charge is 2.34. The molecule has 7 heteroatoms. The first kappa shape index (κ1) is 23.2. The van der Waals surface area contributed by atoms with E-state index in [0.717, 1.165) is 42.5 Å². The maximum atomic E-state index is 6.32. The number of nitrogens with one attached hydrogen (secondary N) is 2. The van der Waals surface area contributed by atoms with Crippen LogP contribution >= 0.6 is 23.8 Å². The molecule has 0 radical (unpaired) electrons. The summed E-state index contributed by atoms with van der Waals surface area (Å²) in [6, 6.07) is 10.9. The highest BCUT2D eigenvalue weighted by atomic mass is 35.5. The van der Waals surface area contributed by atoms with Gasteiger partial charge in [0, 0.05) is 41.3 Å². The van der Waals surface area contributed by atoms with Gasteiger partial charge in [-0.3, -0.25) is 0 Å². The Hall–Kier alpha value is -1.92. The summed E-state index contributed by atoms with van der Waals surface area (Å²) in [5.74, 6) is 1.55. The minimum absolute atomic E-state index is 0.0523. The minimum atomic E-state index is 0.0523. The van der Waals surface area contributed by atoms with Crippen molar-refractivity contribution < 1.29 is 0 Å². The van der Waals surface area contributed by atoms with Crippen LogP contribution in [0.15, 0.2) is 30.3 Å². The molecule has 0 spiro atoms. The number of benzene rings is 1. The van der Waals surface area contributed by atoms with Crippen LogP contribution in [0.5, 0.6) is 0 Å². The fraction of sp³-hybridized carbons (Fsp3) is 0.560. The van der Waals surface area contributed by atoms with E-state index >= 15 is 0 Å². The Morgan fingerprint density at radius 3 is 2.72 bits per heavy atom. The molecule has 0 unspecified atom stereocenters. The molecule has 1 saturated heterocycles. The molecule has 1 aliphatic heterocycles. The Morgan fingerprint density at radius 2 is 1.97 bits per heavy atom. The fourth-order valence-electron chi connectivity index (χ4n) is 5.20. The number of hydrogen-bond acceptors (Lipinski definition) is 4. The number of piperidine rings is 1. The lowest BCUT2D eigenvalue weighted by atomic mass is 9.69. The lowest BCUT2D eigenvalue weighted by Crippen LogP contribution is -2.43. The van der Waals surface area contributed by atoms with Crippen LogP contribution in [-0.4, -0.2) is 34.2 Å². The molecule has 2 aromatic rings. The van der Waals surface area contributed by atoms with Gasteiger partial charge >= 0.3 is 0 Å². The van der Waals surface area contributed by atoms with E-state index < -0.39 is 0 Å². The van der Waals surface area contributed by atoms with Crippen LogP contribution in [0.2, 0.25) is 5.02 Å². The Kier molecular flexibility index (Phi) is 7.51. The molecule has 1 aliphatic carbocycles. The molecule has 0 amide bonds. The van der Waals surface area contributed by atoms with Crippen molar-refractivity contribution in [2.24, 2.45) is 0 Å². The molecule has 4 rings (SSSR count). The van der Waals surface area contributed by atoms with E-state index in [9.17, 15) is 0 Å². The number of aromatic nitrogens is 2. The Labute approximate surface area is 202 Å². The fourth-order valence-corrected chi connectivity index (χ4v) is 5.56. The zero-order chi connectivity index (χ0) is 22.6. The molecule has 2 fully saturated rings. The monoisotopic (exact) mass is 471 g/mol. The molecule has 1 saturated carbocycles. The number of hydrogen-bond donors (Lipinski definition) is 2. The van der Waals surface area contributed by atoms with Crippen molar-refractivity contribution >= 4 is 40.7 Å². The highest BCUT2D eigenvalue weighted by Crippen LogP contribution is 2.39. The quantitative estimate of drug-likeness (QED) is 0.521. The van der Waals surface area contributed by atoms with Crippen molar-refractivity contribution in [1.82, 2.24) is 15.3 Å². The van der Waals surface area contributed by atoms with Gasteiger partial charge in [0.25, 0.3) is 0 Å². The molecule has 2 N–H and O–H groups in total. The Balaban J connectivity index is 1.45. The van der Waals surface area contributed by atoms with Crippen molar-refractivity contribution in [2.75, 3.05) is 23.3 Å². The van der Waals surface area contributed by atoms with Crippen LogP contribution in [0.3, 0.4) is 0 Å². The number of halogens is 1. The van der Waals surface area contributed by atoms with E-state index in [1.807, 2.05) is 19.1 Å². The summed E-state index contributed by atoms with van der Waals surface area (Å²) in [5.41, 5.74) is 2.30. The van der Waals surface area contributed by atoms with E-state index in [1.165, 1.54) is 44.1 Å². The zero-order valence-corrected chi connectivity index (χ0v) is 20.7. The molecule has 0 bridgehead atoms. The van der Waals surface area contributed by atoms with Crippen molar-refractivity contribution in [3.63, 3.8) is 0 Å². The lowest BCUT2D eigenvalue weighted by Gasteiger charge is -2.38. The van der Waals surface area contributed by atoms with Crippen LogP contribution in [-0.2, 0) is 5.41 Å². The van der Waals surface area contributed by atoms with E-state index in [4.69, 9.17) is 28.8 Å². The molecular formula is C25H34ClN5S. The van der Waals surface area contributed by atoms with E-state index in [2.05, 4.69) is 45.6 Å². The van der Waals surface area contributed by atoms with Crippen LogP contribution in [0.1, 0.15) is 69.5 Å². The molecule has 5 nitrogen and oxygen atoms in total. The molecule has 1 aromatic carbocycles. The van der Waals surface area contributed by atoms with Gasteiger partial charge < -0.3 is 15.5 Å².